The molecule has 3 atom stereocenters. The van der Waals surface area contributed by atoms with Crippen LogP contribution >= 0.6 is 0 Å². The normalized spacial score (nSPS) is 20.4. The fourth-order valence-corrected chi connectivity index (χ4v) is 3.08. The van der Waals surface area contributed by atoms with E-state index in [4.69, 9.17) is 10.2 Å². The van der Waals surface area contributed by atoms with Gasteiger partial charge in [-0.3, -0.25) is 4.79 Å². The minimum Gasteiger partial charge on any atom is -0.421 e. The first-order valence-corrected chi connectivity index (χ1v) is 8.49. The molecule has 2 aromatic rings. The van der Waals surface area contributed by atoms with Crippen molar-refractivity contribution in [2.24, 2.45) is 11.7 Å². The largest absolute Gasteiger partial charge is 0.421 e. The molecule has 0 aliphatic carbocycles. The molecular formula is C18H24N4O2. The van der Waals surface area contributed by atoms with Gasteiger partial charge in [-0.05, 0) is 31.7 Å². The SMILES string of the molecule is CC1CCN(C(CCc2ccccc2)c2nnc([C@H](C)N)o2)C1=O. The first-order chi connectivity index (χ1) is 11.6. The molecule has 1 aromatic heterocycles. The van der Waals surface area contributed by atoms with Gasteiger partial charge in [-0.25, -0.2) is 0 Å². The van der Waals surface area contributed by atoms with Gasteiger partial charge in [-0.15, -0.1) is 10.2 Å². The molecule has 0 spiro atoms. The summed E-state index contributed by atoms with van der Waals surface area (Å²) in [7, 11) is 0. The number of hydrogen-bond donors (Lipinski definition) is 1. The molecular weight excluding hydrogens is 304 g/mol. The first kappa shape index (κ1) is 16.6. The van der Waals surface area contributed by atoms with Crippen LogP contribution in [0.1, 0.15) is 56.1 Å². The average molecular weight is 328 g/mol. The predicted molar refractivity (Wildman–Crippen MR) is 89.9 cm³/mol. The van der Waals surface area contributed by atoms with Gasteiger partial charge < -0.3 is 15.1 Å². The van der Waals surface area contributed by atoms with E-state index in [1.807, 2.05) is 30.0 Å². The molecule has 2 unspecified atom stereocenters. The number of amides is 1. The Labute approximate surface area is 142 Å². The quantitative estimate of drug-likeness (QED) is 0.881. The lowest BCUT2D eigenvalue weighted by Crippen LogP contribution is -2.32. The Hall–Kier alpha value is -2.21. The van der Waals surface area contributed by atoms with Crippen LogP contribution in [0.3, 0.4) is 0 Å². The molecule has 6 heteroatoms. The monoisotopic (exact) mass is 328 g/mol. The van der Waals surface area contributed by atoms with Gasteiger partial charge in [0, 0.05) is 12.5 Å². The fourth-order valence-electron chi connectivity index (χ4n) is 3.08. The van der Waals surface area contributed by atoms with E-state index in [0.717, 1.165) is 25.8 Å². The highest BCUT2D eigenvalue weighted by molar-refractivity contribution is 5.80. The highest BCUT2D eigenvalue weighted by atomic mass is 16.4. The van der Waals surface area contributed by atoms with Crippen molar-refractivity contribution in [1.82, 2.24) is 15.1 Å². The number of benzene rings is 1. The Morgan fingerprint density at radius 3 is 2.58 bits per heavy atom. The Morgan fingerprint density at radius 2 is 2.00 bits per heavy atom. The number of carbonyl (C=O) groups excluding carboxylic acids is 1. The molecule has 1 saturated heterocycles. The number of likely N-dealkylation sites (tertiary alicyclic amines) is 1. The number of nitrogens with zero attached hydrogens (tertiary/aromatic N) is 3. The third kappa shape index (κ3) is 3.48. The molecule has 6 nitrogen and oxygen atoms in total. The highest BCUT2D eigenvalue weighted by Gasteiger charge is 2.36. The number of rotatable bonds is 6. The number of carbonyl (C=O) groups is 1. The van der Waals surface area contributed by atoms with Crippen LogP contribution in [0.5, 0.6) is 0 Å². The van der Waals surface area contributed by atoms with Crippen LogP contribution < -0.4 is 5.73 Å². The van der Waals surface area contributed by atoms with Gasteiger partial charge in [0.1, 0.15) is 6.04 Å². The molecule has 1 amide bonds. The summed E-state index contributed by atoms with van der Waals surface area (Å²) in [5, 5.41) is 8.19. The standard InChI is InChI=1S/C18H24N4O2/c1-12-10-11-22(18(12)23)15(9-8-14-6-4-3-5-7-14)17-21-20-16(24-17)13(2)19/h3-7,12-13,15H,8-11,19H2,1-2H3/t12?,13-,15?/m0/s1. The second-order valence-electron chi connectivity index (χ2n) is 6.53. The van der Waals surface area contributed by atoms with Crippen LogP contribution in [0.15, 0.2) is 34.7 Å². The van der Waals surface area contributed by atoms with Crippen LogP contribution in [0, 0.1) is 5.92 Å². The summed E-state index contributed by atoms with van der Waals surface area (Å²) in [5.74, 6) is 1.11. The van der Waals surface area contributed by atoms with E-state index in [9.17, 15) is 4.79 Å². The van der Waals surface area contributed by atoms with Gasteiger partial charge in [0.25, 0.3) is 0 Å². The maximum atomic E-state index is 12.5. The van der Waals surface area contributed by atoms with Crippen LogP contribution in [0.25, 0.3) is 0 Å². The molecule has 1 aliphatic rings. The lowest BCUT2D eigenvalue weighted by Gasteiger charge is -2.25. The topological polar surface area (TPSA) is 85.2 Å². The molecule has 1 fully saturated rings. The predicted octanol–water partition coefficient (Wildman–Crippen LogP) is 2.63. The summed E-state index contributed by atoms with van der Waals surface area (Å²) in [5.41, 5.74) is 7.05. The molecule has 0 saturated carbocycles. The smallest absolute Gasteiger partial charge is 0.239 e. The van der Waals surface area contributed by atoms with Crippen LogP contribution in [-0.4, -0.2) is 27.5 Å². The third-order valence-electron chi connectivity index (χ3n) is 4.56. The molecule has 1 aromatic carbocycles. The second kappa shape index (κ2) is 7.13. The van der Waals surface area contributed by atoms with E-state index in [2.05, 4.69) is 22.3 Å². The summed E-state index contributed by atoms with van der Waals surface area (Å²) in [6, 6.07) is 9.72. The number of hydrogen-bond acceptors (Lipinski definition) is 5. The summed E-state index contributed by atoms with van der Waals surface area (Å²) < 4.78 is 5.75. The van der Waals surface area contributed by atoms with Crippen molar-refractivity contribution in [2.45, 2.75) is 45.2 Å². The Balaban J connectivity index is 1.81. The molecule has 2 heterocycles. The zero-order valence-electron chi connectivity index (χ0n) is 14.2. The zero-order valence-corrected chi connectivity index (χ0v) is 14.2. The number of aryl methyl sites for hydroxylation is 1. The van der Waals surface area contributed by atoms with Crippen molar-refractivity contribution < 1.29 is 9.21 Å². The van der Waals surface area contributed by atoms with Gasteiger partial charge in [-0.1, -0.05) is 37.3 Å². The first-order valence-electron chi connectivity index (χ1n) is 8.49. The molecule has 2 N–H and O–H groups in total. The van der Waals surface area contributed by atoms with Gasteiger partial charge >= 0.3 is 0 Å². The average Bonchev–Trinajstić information content (AvgIpc) is 3.19. The molecule has 0 radical (unpaired) electrons. The van der Waals surface area contributed by atoms with Gasteiger partial charge in [0.15, 0.2) is 0 Å². The maximum Gasteiger partial charge on any atom is 0.239 e. The van der Waals surface area contributed by atoms with Crippen LogP contribution in [0.4, 0.5) is 0 Å². The minimum atomic E-state index is -0.311. The second-order valence-corrected chi connectivity index (χ2v) is 6.53. The van der Waals surface area contributed by atoms with E-state index in [1.54, 1.807) is 6.92 Å². The Kier molecular flexibility index (Phi) is 4.94. The van der Waals surface area contributed by atoms with E-state index in [-0.39, 0.29) is 23.9 Å². The van der Waals surface area contributed by atoms with E-state index in [0.29, 0.717) is 11.8 Å². The van der Waals surface area contributed by atoms with Gasteiger partial charge in [0.2, 0.25) is 17.7 Å². The van der Waals surface area contributed by atoms with Crippen molar-refractivity contribution in [2.75, 3.05) is 6.54 Å². The lowest BCUT2D eigenvalue weighted by atomic mass is 10.0. The molecule has 1 aliphatic heterocycles. The van der Waals surface area contributed by atoms with E-state index < -0.39 is 0 Å². The summed E-state index contributed by atoms with van der Waals surface area (Å²) in [4.78, 5) is 14.4. The van der Waals surface area contributed by atoms with Crippen LogP contribution in [0.2, 0.25) is 0 Å². The van der Waals surface area contributed by atoms with Crippen molar-refractivity contribution in [3.8, 4) is 0 Å². The third-order valence-corrected chi connectivity index (χ3v) is 4.56. The van der Waals surface area contributed by atoms with Crippen LogP contribution in [-0.2, 0) is 11.2 Å². The van der Waals surface area contributed by atoms with Crippen molar-refractivity contribution in [1.29, 1.82) is 0 Å². The van der Waals surface area contributed by atoms with Gasteiger partial charge in [-0.2, -0.15) is 0 Å². The highest BCUT2D eigenvalue weighted by Crippen LogP contribution is 2.32. The molecule has 0 bridgehead atoms. The fraction of sp³-hybridized carbons (Fsp3) is 0.500. The van der Waals surface area contributed by atoms with Crippen molar-refractivity contribution in [3.63, 3.8) is 0 Å². The van der Waals surface area contributed by atoms with E-state index in [1.165, 1.54) is 5.56 Å². The van der Waals surface area contributed by atoms with Crippen molar-refractivity contribution in [3.05, 3.63) is 47.7 Å². The Morgan fingerprint density at radius 1 is 1.29 bits per heavy atom. The molecule has 128 valence electrons. The summed E-state index contributed by atoms with van der Waals surface area (Å²) in [6.45, 7) is 4.51. The number of nitrogens with two attached hydrogens (primary N) is 1. The summed E-state index contributed by atoms with van der Waals surface area (Å²) in [6.07, 6.45) is 2.47. The minimum absolute atomic E-state index is 0.0556. The maximum absolute atomic E-state index is 12.5. The lowest BCUT2D eigenvalue weighted by molar-refractivity contribution is -0.133. The molecule has 24 heavy (non-hydrogen) atoms. The molecule has 3 rings (SSSR count). The number of aromatic nitrogens is 2. The zero-order chi connectivity index (χ0) is 17.1. The van der Waals surface area contributed by atoms with E-state index >= 15 is 0 Å². The van der Waals surface area contributed by atoms with Crippen molar-refractivity contribution >= 4 is 5.91 Å². The Bertz CT molecular complexity index is 683. The van der Waals surface area contributed by atoms with Gasteiger partial charge in [0.05, 0.1) is 6.04 Å². The summed E-state index contributed by atoms with van der Waals surface area (Å²) >= 11 is 0.